The number of ether oxygens (including phenoxy) is 2. The summed E-state index contributed by atoms with van der Waals surface area (Å²) in [5, 5.41) is 2.56. The fourth-order valence-corrected chi connectivity index (χ4v) is 3.29. The van der Waals surface area contributed by atoms with Gasteiger partial charge in [0, 0.05) is 5.69 Å². The van der Waals surface area contributed by atoms with Crippen LogP contribution in [-0.2, 0) is 14.3 Å². The van der Waals surface area contributed by atoms with Crippen molar-refractivity contribution in [3.05, 3.63) is 95.6 Å². The van der Waals surface area contributed by atoms with Gasteiger partial charge in [-0.25, -0.2) is 4.79 Å². The molecule has 1 amide bonds. The lowest BCUT2D eigenvalue weighted by molar-refractivity contribution is -0.152. The Balaban J connectivity index is 1.97. The van der Waals surface area contributed by atoms with Crippen LogP contribution in [0.25, 0.3) is 11.1 Å². The van der Waals surface area contributed by atoms with E-state index in [1.807, 2.05) is 54.6 Å². The van der Waals surface area contributed by atoms with Gasteiger partial charge in [0.1, 0.15) is 5.75 Å². The van der Waals surface area contributed by atoms with Crippen molar-refractivity contribution in [2.24, 2.45) is 0 Å². The Morgan fingerprint density at radius 3 is 1.97 bits per heavy atom. The highest BCUT2D eigenvalue weighted by Crippen LogP contribution is 2.33. The van der Waals surface area contributed by atoms with E-state index in [1.54, 1.807) is 26.2 Å². The zero-order valence-electron chi connectivity index (χ0n) is 17.8. The zero-order chi connectivity index (χ0) is 22.2. The van der Waals surface area contributed by atoms with Crippen molar-refractivity contribution in [3.8, 4) is 5.75 Å². The molecule has 0 aliphatic carbocycles. The number of nitrogens with one attached hydrogen (secondary N) is 1. The van der Waals surface area contributed by atoms with Crippen LogP contribution in [0.5, 0.6) is 5.75 Å². The van der Waals surface area contributed by atoms with E-state index in [0.717, 1.165) is 33.6 Å². The molecule has 0 aliphatic rings. The molecule has 0 heterocycles. The molecule has 0 saturated carbocycles. The second-order valence-corrected chi connectivity index (χ2v) is 6.85. The Bertz CT molecular complexity index is 1070. The molecular formula is C26H25NO4. The summed E-state index contributed by atoms with van der Waals surface area (Å²) in [7, 11) is 1.65. The number of benzene rings is 3. The molecule has 3 aromatic carbocycles. The van der Waals surface area contributed by atoms with Crippen molar-refractivity contribution in [1.29, 1.82) is 0 Å². The molecule has 3 aromatic rings. The van der Waals surface area contributed by atoms with Crippen molar-refractivity contribution >= 4 is 28.7 Å². The van der Waals surface area contributed by atoms with Crippen LogP contribution in [0, 0.1) is 0 Å². The molecule has 0 unspecified atom stereocenters. The molecule has 0 spiro atoms. The summed E-state index contributed by atoms with van der Waals surface area (Å²) >= 11 is 0. The molecule has 0 saturated heterocycles. The Morgan fingerprint density at radius 1 is 0.806 bits per heavy atom. The van der Waals surface area contributed by atoms with Gasteiger partial charge in [0.15, 0.2) is 0 Å². The lowest BCUT2D eigenvalue weighted by atomic mass is 9.90. The number of methoxy groups -OCH3 is 1. The van der Waals surface area contributed by atoms with Crippen LogP contribution in [0.2, 0.25) is 0 Å². The Morgan fingerprint density at radius 2 is 1.39 bits per heavy atom. The molecule has 1 N–H and O–H groups in total. The van der Waals surface area contributed by atoms with Crippen LogP contribution >= 0.6 is 0 Å². The number of carbonyl (C=O) groups is 2. The number of hydrogen-bond donors (Lipinski definition) is 1. The van der Waals surface area contributed by atoms with Crippen molar-refractivity contribution in [2.45, 2.75) is 13.8 Å². The molecule has 31 heavy (non-hydrogen) atoms. The SMILES string of the molecule is CCOC(=O)C(=O)Nc1ccc(/C(=C(/C)c2ccc(OC)cc2)c2ccccc2)cc1. The summed E-state index contributed by atoms with van der Waals surface area (Å²) < 4.78 is 10.00. The number of amides is 1. The monoisotopic (exact) mass is 415 g/mol. The quantitative estimate of drug-likeness (QED) is 0.342. The first-order valence-corrected chi connectivity index (χ1v) is 10.0. The summed E-state index contributed by atoms with van der Waals surface area (Å²) in [5.41, 5.74) is 5.87. The maximum absolute atomic E-state index is 11.9. The fraction of sp³-hybridized carbons (Fsp3) is 0.154. The normalized spacial score (nSPS) is 11.3. The zero-order valence-corrected chi connectivity index (χ0v) is 17.8. The van der Waals surface area contributed by atoms with Crippen LogP contribution in [0.4, 0.5) is 5.69 Å². The first kappa shape index (κ1) is 21.8. The second kappa shape index (κ2) is 10.3. The molecule has 0 aromatic heterocycles. The van der Waals surface area contributed by atoms with Gasteiger partial charge in [-0.1, -0.05) is 54.6 Å². The first-order chi connectivity index (χ1) is 15.0. The molecular weight excluding hydrogens is 390 g/mol. The highest BCUT2D eigenvalue weighted by atomic mass is 16.5. The Hall–Kier alpha value is -3.86. The molecule has 0 aliphatic heterocycles. The number of allylic oxidation sites excluding steroid dienone is 1. The molecule has 3 rings (SSSR count). The lowest BCUT2D eigenvalue weighted by Gasteiger charge is -2.15. The predicted octanol–water partition coefficient (Wildman–Crippen LogP) is 5.18. The molecule has 158 valence electrons. The van der Waals surface area contributed by atoms with Gasteiger partial charge in [0.2, 0.25) is 0 Å². The predicted molar refractivity (Wildman–Crippen MR) is 123 cm³/mol. The molecule has 0 atom stereocenters. The van der Waals surface area contributed by atoms with Gasteiger partial charge in [-0.05, 0) is 65.9 Å². The smallest absolute Gasteiger partial charge is 0.397 e. The summed E-state index contributed by atoms with van der Waals surface area (Å²) in [6.07, 6.45) is 0. The standard InChI is InChI=1S/C26H25NO4/c1-4-31-26(29)25(28)27-22-14-10-21(11-15-22)24(20-8-6-5-7-9-20)18(2)19-12-16-23(30-3)17-13-19/h5-17H,4H2,1-3H3,(H,27,28)/b24-18-. The van der Waals surface area contributed by atoms with Gasteiger partial charge in [0.05, 0.1) is 13.7 Å². The highest BCUT2D eigenvalue weighted by molar-refractivity contribution is 6.37. The Labute approximate surface area is 182 Å². The average Bonchev–Trinajstić information content (AvgIpc) is 2.81. The van der Waals surface area contributed by atoms with E-state index >= 15 is 0 Å². The number of esters is 1. The van der Waals surface area contributed by atoms with Gasteiger partial charge in [0.25, 0.3) is 0 Å². The third kappa shape index (κ3) is 5.39. The third-order valence-corrected chi connectivity index (χ3v) is 4.85. The van der Waals surface area contributed by atoms with E-state index in [2.05, 4.69) is 24.4 Å². The minimum Gasteiger partial charge on any atom is -0.497 e. The van der Waals surface area contributed by atoms with Crippen LogP contribution in [0.15, 0.2) is 78.9 Å². The second-order valence-electron chi connectivity index (χ2n) is 6.85. The molecule has 5 heteroatoms. The minimum atomic E-state index is -0.896. The van der Waals surface area contributed by atoms with E-state index in [9.17, 15) is 9.59 Å². The molecule has 0 fully saturated rings. The number of anilines is 1. The van der Waals surface area contributed by atoms with Crippen LogP contribution < -0.4 is 10.1 Å². The number of hydrogen-bond acceptors (Lipinski definition) is 4. The molecule has 5 nitrogen and oxygen atoms in total. The summed E-state index contributed by atoms with van der Waals surface area (Å²) in [5.74, 6) is -0.880. The molecule has 0 bridgehead atoms. The number of carbonyl (C=O) groups excluding carboxylic acids is 2. The van der Waals surface area contributed by atoms with Gasteiger partial charge in [-0.3, -0.25) is 4.79 Å². The van der Waals surface area contributed by atoms with Gasteiger partial charge >= 0.3 is 11.9 Å². The third-order valence-electron chi connectivity index (χ3n) is 4.85. The van der Waals surface area contributed by atoms with E-state index in [1.165, 1.54) is 0 Å². The number of rotatable bonds is 6. The highest BCUT2D eigenvalue weighted by Gasteiger charge is 2.15. The van der Waals surface area contributed by atoms with Crippen molar-refractivity contribution < 1.29 is 19.1 Å². The van der Waals surface area contributed by atoms with Gasteiger partial charge in [-0.2, -0.15) is 0 Å². The minimum absolute atomic E-state index is 0.154. The van der Waals surface area contributed by atoms with Crippen molar-refractivity contribution in [3.63, 3.8) is 0 Å². The first-order valence-electron chi connectivity index (χ1n) is 10.0. The largest absolute Gasteiger partial charge is 0.497 e. The summed E-state index contributed by atoms with van der Waals surface area (Å²) in [6.45, 7) is 3.89. The topological polar surface area (TPSA) is 64.6 Å². The van der Waals surface area contributed by atoms with Crippen LogP contribution in [-0.4, -0.2) is 25.6 Å². The maximum Gasteiger partial charge on any atom is 0.397 e. The van der Waals surface area contributed by atoms with Gasteiger partial charge < -0.3 is 14.8 Å². The van der Waals surface area contributed by atoms with Crippen molar-refractivity contribution in [1.82, 2.24) is 0 Å². The molecule has 0 radical (unpaired) electrons. The maximum atomic E-state index is 11.9. The van der Waals surface area contributed by atoms with E-state index in [4.69, 9.17) is 9.47 Å². The van der Waals surface area contributed by atoms with E-state index in [-0.39, 0.29) is 6.61 Å². The van der Waals surface area contributed by atoms with Crippen LogP contribution in [0.1, 0.15) is 30.5 Å². The summed E-state index contributed by atoms with van der Waals surface area (Å²) in [6, 6.07) is 25.5. The van der Waals surface area contributed by atoms with Gasteiger partial charge in [-0.15, -0.1) is 0 Å². The lowest BCUT2D eigenvalue weighted by Crippen LogP contribution is -2.24. The van der Waals surface area contributed by atoms with E-state index in [0.29, 0.717) is 5.69 Å². The van der Waals surface area contributed by atoms with Crippen LogP contribution in [0.3, 0.4) is 0 Å². The summed E-state index contributed by atoms with van der Waals surface area (Å²) in [4.78, 5) is 23.4. The Kier molecular flexibility index (Phi) is 7.22. The van der Waals surface area contributed by atoms with Crippen molar-refractivity contribution in [2.75, 3.05) is 19.0 Å². The fourth-order valence-electron chi connectivity index (χ4n) is 3.29. The van der Waals surface area contributed by atoms with E-state index < -0.39 is 11.9 Å². The average molecular weight is 415 g/mol.